The monoisotopic (exact) mass is 320 g/mol. The number of esters is 1. The van der Waals surface area contributed by atoms with Gasteiger partial charge < -0.3 is 9.47 Å². The Labute approximate surface area is 139 Å². The van der Waals surface area contributed by atoms with E-state index in [1.807, 2.05) is 36.4 Å². The van der Waals surface area contributed by atoms with Gasteiger partial charge in [-0.25, -0.2) is 4.79 Å². The summed E-state index contributed by atoms with van der Waals surface area (Å²) in [4.78, 5) is 19.9. The molecule has 0 aliphatic rings. The Balaban J connectivity index is 1.71. The SMILES string of the molecule is COC(=O)c1ccnc(-c2ccc(OCc3cccnc3)cc2)c1. The molecule has 0 aliphatic heterocycles. The summed E-state index contributed by atoms with van der Waals surface area (Å²) in [5.74, 6) is 0.377. The number of pyridine rings is 2. The van der Waals surface area contributed by atoms with E-state index in [9.17, 15) is 4.79 Å². The van der Waals surface area contributed by atoms with Crippen LogP contribution in [0.15, 0.2) is 67.1 Å². The smallest absolute Gasteiger partial charge is 0.337 e. The highest BCUT2D eigenvalue weighted by molar-refractivity contribution is 5.90. The van der Waals surface area contributed by atoms with Crippen molar-refractivity contribution >= 4 is 5.97 Å². The van der Waals surface area contributed by atoms with Crippen molar-refractivity contribution in [3.8, 4) is 17.0 Å². The first-order valence-corrected chi connectivity index (χ1v) is 7.43. The number of ether oxygens (including phenoxy) is 2. The Morgan fingerprint density at radius 2 is 1.92 bits per heavy atom. The normalized spacial score (nSPS) is 10.2. The van der Waals surface area contributed by atoms with Crippen molar-refractivity contribution in [2.45, 2.75) is 6.61 Å². The van der Waals surface area contributed by atoms with Crippen LogP contribution in [0.3, 0.4) is 0 Å². The summed E-state index contributed by atoms with van der Waals surface area (Å²) in [6.07, 6.45) is 5.10. The molecule has 2 aromatic heterocycles. The predicted octanol–water partition coefficient (Wildman–Crippen LogP) is 3.51. The highest BCUT2D eigenvalue weighted by atomic mass is 16.5. The fourth-order valence-electron chi connectivity index (χ4n) is 2.21. The van der Waals surface area contributed by atoms with Crippen LogP contribution < -0.4 is 4.74 Å². The molecule has 5 heteroatoms. The topological polar surface area (TPSA) is 61.3 Å². The average molecular weight is 320 g/mol. The van der Waals surface area contributed by atoms with Gasteiger partial charge in [-0.05, 0) is 42.5 Å². The number of hydrogen-bond acceptors (Lipinski definition) is 5. The molecule has 120 valence electrons. The second kappa shape index (κ2) is 7.37. The second-order valence-electron chi connectivity index (χ2n) is 5.10. The van der Waals surface area contributed by atoms with Gasteiger partial charge >= 0.3 is 5.97 Å². The van der Waals surface area contributed by atoms with Gasteiger partial charge in [0.2, 0.25) is 0 Å². The lowest BCUT2D eigenvalue weighted by atomic mass is 10.1. The predicted molar refractivity (Wildman–Crippen MR) is 89.6 cm³/mol. The lowest BCUT2D eigenvalue weighted by molar-refractivity contribution is 0.0600. The van der Waals surface area contributed by atoms with E-state index in [1.54, 1.807) is 30.7 Å². The van der Waals surface area contributed by atoms with Crippen LogP contribution in [0.2, 0.25) is 0 Å². The van der Waals surface area contributed by atoms with Gasteiger partial charge in [-0.3, -0.25) is 9.97 Å². The summed E-state index contributed by atoms with van der Waals surface area (Å²) in [5.41, 5.74) is 3.08. The minimum absolute atomic E-state index is 0.380. The van der Waals surface area contributed by atoms with Crippen molar-refractivity contribution < 1.29 is 14.3 Å². The van der Waals surface area contributed by atoms with Gasteiger partial charge in [0.25, 0.3) is 0 Å². The van der Waals surface area contributed by atoms with Crippen LogP contribution in [0.5, 0.6) is 5.75 Å². The number of hydrogen-bond donors (Lipinski definition) is 0. The number of rotatable bonds is 5. The van der Waals surface area contributed by atoms with Crippen molar-refractivity contribution in [3.05, 3.63) is 78.2 Å². The minimum Gasteiger partial charge on any atom is -0.489 e. The zero-order valence-electron chi connectivity index (χ0n) is 13.2. The molecule has 0 atom stereocenters. The third kappa shape index (κ3) is 3.76. The summed E-state index contributed by atoms with van der Waals surface area (Å²) in [7, 11) is 1.36. The van der Waals surface area contributed by atoms with E-state index >= 15 is 0 Å². The fraction of sp³-hybridized carbons (Fsp3) is 0.105. The third-order valence-corrected chi connectivity index (χ3v) is 3.46. The Bertz CT molecular complexity index is 818. The van der Waals surface area contributed by atoms with E-state index < -0.39 is 0 Å². The van der Waals surface area contributed by atoms with Crippen LogP contribution in [-0.4, -0.2) is 23.0 Å². The Morgan fingerprint density at radius 1 is 1.08 bits per heavy atom. The number of methoxy groups -OCH3 is 1. The van der Waals surface area contributed by atoms with E-state index in [4.69, 9.17) is 9.47 Å². The van der Waals surface area contributed by atoms with Crippen LogP contribution in [0.1, 0.15) is 15.9 Å². The molecular formula is C19H16N2O3. The molecule has 24 heavy (non-hydrogen) atoms. The molecule has 2 heterocycles. The van der Waals surface area contributed by atoms with E-state index in [2.05, 4.69) is 9.97 Å². The van der Waals surface area contributed by atoms with Gasteiger partial charge in [-0.2, -0.15) is 0 Å². The summed E-state index contributed by atoms with van der Waals surface area (Å²) in [6, 6.07) is 14.7. The third-order valence-electron chi connectivity index (χ3n) is 3.46. The average Bonchev–Trinajstić information content (AvgIpc) is 2.67. The Morgan fingerprint density at radius 3 is 2.62 bits per heavy atom. The van der Waals surface area contributed by atoms with E-state index in [1.165, 1.54) is 7.11 Å². The number of carbonyl (C=O) groups is 1. The van der Waals surface area contributed by atoms with E-state index in [0.29, 0.717) is 17.9 Å². The first-order valence-electron chi connectivity index (χ1n) is 7.43. The van der Waals surface area contributed by atoms with Crippen molar-refractivity contribution in [2.24, 2.45) is 0 Å². The molecule has 0 amide bonds. The fourth-order valence-corrected chi connectivity index (χ4v) is 2.21. The van der Waals surface area contributed by atoms with Gasteiger partial charge in [0.15, 0.2) is 0 Å². The standard InChI is InChI=1S/C19H16N2O3/c1-23-19(22)16-8-10-21-18(11-16)15-4-6-17(7-5-15)24-13-14-3-2-9-20-12-14/h2-12H,13H2,1H3. The van der Waals surface area contributed by atoms with E-state index in [-0.39, 0.29) is 5.97 Å². The molecule has 5 nitrogen and oxygen atoms in total. The quantitative estimate of drug-likeness (QED) is 0.673. The van der Waals surface area contributed by atoms with Gasteiger partial charge in [0.05, 0.1) is 18.4 Å². The van der Waals surface area contributed by atoms with E-state index in [0.717, 1.165) is 16.9 Å². The lowest BCUT2D eigenvalue weighted by Crippen LogP contribution is -2.01. The molecule has 3 rings (SSSR count). The van der Waals surface area contributed by atoms with Crippen LogP contribution >= 0.6 is 0 Å². The van der Waals surface area contributed by atoms with Crippen molar-refractivity contribution in [1.82, 2.24) is 9.97 Å². The summed E-state index contributed by atoms with van der Waals surface area (Å²) >= 11 is 0. The summed E-state index contributed by atoms with van der Waals surface area (Å²) in [5, 5.41) is 0. The maximum atomic E-state index is 11.6. The molecule has 0 bridgehead atoms. The zero-order chi connectivity index (χ0) is 16.8. The Kier molecular flexibility index (Phi) is 4.81. The number of nitrogens with zero attached hydrogens (tertiary/aromatic N) is 2. The molecule has 0 saturated carbocycles. The van der Waals surface area contributed by atoms with Gasteiger partial charge in [-0.15, -0.1) is 0 Å². The molecule has 1 aromatic carbocycles. The van der Waals surface area contributed by atoms with Crippen LogP contribution in [-0.2, 0) is 11.3 Å². The Hall–Kier alpha value is -3.21. The second-order valence-corrected chi connectivity index (χ2v) is 5.10. The first kappa shape index (κ1) is 15.7. The van der Waals surface area contributed by atoms with Gasteiger partial charge in [0.1, 0.15) is 12.4 Å². The van der Waals surface area contributed by atoms with Crippen molar-refractivity contribution in [3.63, 3.8) is 0 Å². The minimum atomic E-state index is -0.380. The molecular weight excluding hydrogens is 304 g/mol. The largest absolute Gasteiger partial charge is 0.489 e. The first-order chi connectivity index (χ1) is 11.8. The highest BCUT2D eigenvalue weighted by Gasteiger charge is 2.08. The summed E-state index contributed by atoms with van der Waals surface area (Å²) < 4.78 is 10.5. The maximum absolute atomic E-state index is 11.6. The van der Waals surface area contributed by atoms with Crippen LogP contribution in [0, 0.1) is 0 Å². The molecule has 0 radical (unpaired) electrons. The molecule has 3 aromatic rings. The maximum Gasteiger partial charge on any atom is 0.337 e. The van der Waals surface area contributed by atoms with Gasteiger partial charge in [0, 0.05) is 29.7 Å². The number of benzene rings is 1. The van der Waals surface area contributed by atoms with Crippen molar-refractivity contribution in [1.29, 1.82) is 0 Å². The molecule has 0 saturated heterocycles. The zero-order valence-corrected chi connectivity index (χ0v) is 13.2. The lowest BCUT2D eigenvalue weighted by Gasteiger charge is -2.07. The number of carbonyl (C=O) groups excluding carboxylic acids is 1. The molecule has 0 aliphatic carbocycles. The molecule has 0 spiro atoms. The summed E-state index contributed by atoms with van der Waals surface area (Å²) in [6.45, 7) is 0.462. The molecule has 0 N–H and O–H groups in total. The molecule has 0 fully saturated rings. The van der Waals surface area contributed by atoms with Gasteiger partial charge in [-0.1, -0.05) is 6.07 Å². The molecule has 0 unspecified atom stereocenters. The highest BCUT2D eigenvalue weighted by Crippen LogP contribution is 2.22. The van der Waals surface area contributed by atoms with Crippen LogP contribution in [0.25, 0.3) is 11.3 Å². The van der Waals surface area contributed by atoms with Crippen LogP contribution in [0.4, 0.5) is 0 Å². The number of aromatic nitrogens is 2. The van der Waals surface area contributed by atoms with Crippen molar-refractivity contribution in [2.75, 3.05) is 7.11 Å².